The van der Waals surface area contributed by atoms with Crippen molar-refractivity contribution in [2.75, 3.05) is 18.5 Å². The van der Waals surface area contributed by atoms with Crippen molar-refractivity contribution in [3.05, 3.63) is 51.3 Å². The molecule has 0 spiro atoms. The third kappa shape index (κ3) is 4.34. The second-order valence-corrected chi connectivity index (χ2v) is 7.13. The molecule has 2 N–H and O–H groups in total. The first-order valence-electron chi connectivity index (χ1n) is 8.84. The molecule has 6 nitrogen and oxygen atoms in total. The second-order valence-electron chi connectivity index (χ2n) is 6.77. The van der Waals surface area contributed by atoms with Crippen molar-refractivity contribution in [2.45, 2.75) is 33.0 Å². The van der Waals surface area contributed by atoms with Gasteiger partial charge in [-0.05, 0) is 25.5 Å². The van der Waals surface area contributed by atoms with Crippen molar-refractivity contribution in [1.29, 1.82) is 0 Å². The van der Waals surface area contributed by atoms with Crippen LogP contribution in [0.5, 0.6) is 0 Å². The highest BCUT2D eigenvalue weighted by atomic mass is 35.5. The van der Waals surface area contributed by atoms with Crippen molar-refractivity contribution < 1.29 is 13.2 Å². The van der Waals surface area contributed by atoms with Crippen molar-refractivity contribution in [2.24, 2.45) is 10.7 Å². The normalized spacial score (nSPS) is 15.5. The van der Waals surface area contributed by atoms with E-state index in [1.54, 1.807) is 38.2 Å². The van der Waals surface area contributed by atoms with Gasteiger partial charge in [-0.2, -0.15) is 13.2 Å². The predicted molar refractivity (Wildman–Crippen MR) is 107 cm³/mol. The number of rotatable bonds is 3. The molecule has 0 aliphatic carbocycles. The lowest BCUT2D eigenvalue weighted by Gasteiger charge is -2.31. The summed E-state index contributed by atoms with van der Waals surface area (Å²) in [6, 6.07) is 1.94. The van der Waals surface area contributed by atoms with Gasteiger partial charge in [0.15, 0.2) is 0 Å². The fourth-order valence-corrected chi connectivity index (χ4v) is 3.36. The first-order chi connectivity index (χ1) is 13.6. The van der Waals surface area contributed by atoms with Crippen molar-refractivity contribution in [3.8, 4) is 0 Å². The van der Waals surface area contributed by atoms with Crippen molar-refractivity contribution >= 4 is 29.2 Å². The highest BCUT2D eigenvalue weighted by Gasteiger charge is 2.36. The SMILES string of the molecule is CN=C/C(=C(/C)N)c1cnc2c(c1)CN(c1nc(C(F)(F)F)nc(Cl)c1C)CC2. The van der Waals surface area contributed by atoms with Gasteiger partial charge in [0.2, 0.25) is 5.82 Å². The number of alkyl halides is 3. The maximum Gasteiger partial charge on any atom is 0.451 e. The summed E-state index contributed by atoms with van der Waals surface area (Å²) in [6.07, 6.45) is -0.716. The smallest absolute Gasteiger partial charge is 0.402 e. The van der Waals surface area contributed by atoms with E-state index in [0.717, 1.165) is 22.4 Å². The van der Waals surface area contributed by atoms with Crippen molar-refractivity contribution in [3.63, 3.8) is 0 Å². The number of nitrogens with zero attached hydrogens (tertiary/aromatic N) is 5. The Morgan fingerprint density at radius 2 is 2.07 bits per heavy atom. The van der Waals surface area contributed by atoms with Gasteiger partial charge in [0, 0.05) is 67.1 Å². The number of allylic oxidation sites excluding steroid dienone is 2. The quantitative estimate of drug-likeness (QED) is 0.598. The Labute approximate surface area is 171 Å². The van der Waals surface area contributed by atoms with Crippen molar-refractivity contribution in [1.82, 2.24) is 15.0 Å². The summed E-state index contributed by atoms with van der Waals surface area (Å²) in [5.74, 6) is -1.07. The summed E-state index contributed by atoms with van der Waals surface area (Å²) in [5.41, 5.74) is 10.3. The number of nitrogens with two attached hydrogens (primary N) is 1. The summed E-state index contributed by atoms with van der Waals surface area (Å²) in [5, 5.41) is -0.205. The van der Waals surface area contributed by atoms with Crippen LogP contribution < -0.4 is 10.6 Å². The molecular formula is C19H20ClF3N6. The van der Waals surface area contributed by atoms with E-state index in [1.807, 2.05) is 6.07 Å². The molecule has 0 fully saturated rings. The maximum absolute atomic E-state index is 13.1. The summed E-state index contributed by atoms with van der Waals surface area (Å²) in [4.78, 5) is 17.4. The van der Waals surface area contributed by atoms with E-state index >= 15 is 0 Å². The molecule has 0 bridgehead atoms. The molecule has 2 aromatic heterocycles. The van der Waals surface area contributed by atoms with Gasteiger partial charge in [0.1, 0.15) is 11.0 Å². The van der Waals surface area contributed by atoms with Crippen LogP contribution in [0.1, 0.15) is 35.1 Å². The van der Waals surface area contributed by atoms with Gasteiger partial charge < -0.3 is 10.6 Å². The molecule has 10 heteroatoms. The molecule has 0 amide bonds. The number of pyridine rings is 1. The molecule has 29 heavy (non-hydrogen) atoms. The fourth-order valence-electron chi connectivity index (χ4n) is 3.20. The maximum atomic E-state index is 13.1. The number of aromatic nitrogens is 3. The highest BCUT2D eigenvalue weighted by Crippen LogP contribution is 2.33. The Morgan fingerprint density at radius 1 is 1.34 bits per heavy atom. The lowest BCUT2D eigenvalue weighted by molar-refractivity contribution is -0.144. The minimum absolute atomic E-state index is 0.175. The summed E-state index contributed by atoms with van der Waals surface area (Å²) >= 11 is 5.96. The highest BCUT2D eigenvalue weighted by molar-refractivity contribution is 6.30. The average Bonchev–Trinajstić information content (AvgIpc) is 2.66. The largest absolute Gasteiger partial charge is 0.451 e. The van der Waals surface area contributed by atoms with Crippen LogP contribution in [0.3, 0.4) is 0 Å². The van der Waals surface area contributed by atoms with Gasteiger partial charge in [0.05, 0.1) is 0 Å². The van der Waals surface area contributed by atoms with Crippen LogP contribution in [0.15, 0.2) is 23.0 Å². The molecule has 1 aliphatic rings. The number of hydrogen-bond acceptors (Lipinski definition) is 6. The lowest BCUT2D eigenvalue weighted by atomic mass is 9.99. The van der Waals surface area contributed by atoms with Crippen LogP contribution in [-0.4, -0.2) is 34.8 Å². The minimum Gasteiger partial charge on any atom is -0.402 e. The Kier molecular flexibility index (Phi) is 5.79. The minimum atomic E-state index is -4.67. The van der Waals surface area contributed by atoms with E-state index in [0.29, 0.717) is 30.8 Å². The van der Waals surface area contributed by atoms with Crippen LogP contribution in [0, 0.1) is 6.92 Å². The fraction of sp³-hybridized carbons (Fsp3) is 0.368. The number of fused-ring (bicyclic) bond motifs is 1. The Balaban J connectivity index is 2.01. The summed E-state index contributed by atoms with van der Waals surface area (Å²) in [6.45, 7) is 4.20. The van der Waals surface area contributed by atoms with E-state index in [2.05, 4.69) is 19.9 Å². The molecule has 0 saturated carbocycles. The van der Waals surface area contributed by atoms with Gasteiger partial charge in [0.25, 0.3) is 0 Å². The topological polar surface area (TPSA) is 80.3 Å². The monoisotopic (exact) mass is 424 g/mol. The second kappa shape index (κ2) is 7.98. The zero-order valence-corrected chi connectivity index (χ0v) is 16.9. The zero-order chi connectivity index (χ0) is 21.3. The molecule has 0 radical (unpaired) electrons. The van der Waals surface area contributed by atoms with E-state index in [-0.39, 0.29) is 11.0 Å². The van der Waals surface area contributed by atoms with Crippen LogP contribution >= 0.6 is 11.6 Å². The van der Waals surface area contributed by atoms with Crippen LogP contribution in [0.2, 0.25) is 5.15 Å². The molecule has 3 heterocycles. The number of anilines is 1. The van der Waals surface area contributed by atoms with E-state index < -0.39 is 12.0 Å². The third-order valence-corrected chi connectivity index (χ3v) is 5.02. The molecule has 0 atom stereocenters. The average molecular weight is 425 g/mol. The van der Waals surface area contributed by atoms with E-state index in [9.17, 15) is 13.2 Å². The molecule has 0 aromatic carbocycles. The van der Waals surface area contributed by atoms with Gasteiger partial charge in [-0.15, -0.1) is 0 Å². The Hall–Kier alpha value is -2.68. The van der Waals surface area contributed by atoms with Crippen LogP contribution in [-0.2, 0) is 19.1 Å². The van der Waals surface area contributed by atoms with Gasteiger partial charge in [-0.1, -0.05) is 11.6 Å². The molecule has 3 rings (SSSR count). The molecule has 1 aliphatic heterocycles. The Bertz CT molecular complexity index is 996. The molecule has 0 saturated heterocycles. The number of hydrogen-bond donors (Lipinski definition) is 1. The standard InChI is InChI=1S/C19H20ClF3N6/c1-10-16(20)27-18(19(21,22)23)28-17(10)29-5-4-15-13(9-29)6-12(7-26-15)14(8-25-3)11(2)24/h6-8H,4-5,9,24H2,1-3H3/b14-11+,25-8?. The summed E-state index contributed by atoms with van der Waals surface area (Å²) < 4.78 is 39.4. The first kappa shape index (κ1) is 21.0. The molecule has 0 unspecified atom stereocenters. The molecule has 154 valence electrons. The van der Waals surface area contributed by atoms with Crippen LogP contribution in [0.4, 0.5) is 19.0 Å². The zero-order valence-electron chi connectivity index (χ0n) is 16.2. The summed E-state index contributed by atoms with van der Waals surface area (Å²) in [7, 11) is 1.65. The molecule has 2 aromatic rings. The van der Waals surface area contributed by atoms with E-state index in [4.69, 9.17) is 17.3 Å². The Morgan fingerprint density at radius 3 is 2.69 bits per heavy atom. The lowest BCUT2D eigenvalue weighted by Crippen LogP contribution is -2.33. The van der Waals surface area contributed by atoms with Gasteiger partial charge in [-0.25, -0.2) is 9.97 Å². The first-order valence-corrected chi connectivity index (χ1v) is 9.22. The van der Waals surface area contributed by atoms with Crippen LogP contribution in [0.25, 0.3) is 5.57 Å². The number of halogens is 4. The third-order valence-electron chi connectivity index (χ3n) is 4.65. The number of aliphatic imine (C=N–C) groups is 1. The predicted octanol–water partition coefficient (Wildman–Crippen LogP) is 3.81. The van der Waals surface area contributed by atoms with Gasteiger partial charge >= 0.3 is 6.18 Å². The van der Waals surface area contributed by atoms with E-state index in [1.165, 1.54) is 0 Å². The van der Waals surface area contributed by atoms with Gasteiger partial charge in [-0.3, -0.25) is 9.98 Å². The molecular weight excluding hydrogens is 405 g/mol.